The van der Waals surface area contributed by atoms with Crippen molar-refractivity contribution >= 4 is 12.0 Å². The highest BCUT2D eigenvalue weighted by molar-refractivity contribution is 5.95. The standard InChI is InChI=1S/C22H22N2O6/c1-3-27-16-7-5-4-6-15(16)20-19(13(2)23-22(26)24-20)21(25)28-11-14-8-9-17-18(10-14)30-12-29-17/h4-10,20H,3,11-12H2,1-2H3,(H2,23,24,26)/t20-/m0/s1. The predicted octanol–water partition coefficient (Wildman–Crippen LogP) is 3.19. The minimum Gasteiger partial charge on any atom is -0.494 e. The molecule has 2 aromatic rings. The predicted molar refractivity (Wildman–Crippen MR) is 107 cm³/mol. The molecular formula is C22H22N2O6. The Hall–Kier alpha value is -3.68. The number of benzene rings is 2. The van der Waals surface area contributed by atoms with Crippen molar-refractivity contribution in [1.82, 2.24) is 10.6 Å². The highest BCUT2D eigenvalue weighted by Crippen LogP contribution is 2.35. The van der Waals surface area contributed by atoms with Gasteiger partial charge in [-0.15, -0.1) is 0 Å². The lowest BCUT2D eigenvalue weighted by molar-refractivity contribution is -0.140. The lowest BCUT2D eigenvalue weighted by atomic mass is 9.95. The molecule has 0 bridgehead atoms. The molecule has 2 heterocycles. The topological polar surface area (TPSA) is 95.1 Å². The molecule has 0 spiro atoms. The van der Waals surface area contributed by atoms with Gasteiger partial charge in [0.1, 0.15) is 12.4 Å². The first-order valence-electron chi connectivity index (χ1n) is 9.62. The van der Waals surface area contributed by atoms with Gasteiger partial charge in [-0.25, -0.2) is 9.59 Å². The van der Waals surface area contributed by atoms with Crippen LogP contribution in [0.5, 0.6) is 17.2 Å². The summed E-state index contributed by atoms with van der Waals surface area (Å²) in [6.07, 6.45) is 0. The Kier molecular flexibility index (Phi) is 5.47. The minimum atomic E-state index is -0.689. The molecule has 0 aromatic heterocycles. The SMILES string of the molecule is CCOc1ccccc1[C@@H]1NC(=O)NC(C)=C1C(=O)OCc1ccc2c(c1)OCO2. The van der Waals surface area contributed by atoms with Crippen LogP contribution in [0.4, 0.5) is 4.79 Å². The quantitative estimate of drug-likeness (QED) is 0.711. The summed E-state index contributed by atoms with van der Waals surface area (Å²) in [6, 6.07) is 11.6. The molecule has 156 valence electrons. The van der Waals surface area contributed by atoms with Crippen molar-refractivity contribution in [3.8, 4) is 17.2 Å². The summed E-state index contributed by atoms with van der Waals surface area (Å²) in [5.74, 6) is 1.35. The third-order valence-corrected chi connectivity index (χ3v) is 4.83. The van der Waals surface area contributed by atoms with Crippen LogP contribution in [0.1, 0.15) is 31.0 Å². The number of fused-ring (bicyclic) bond motifs is 1. The number of hydrogen-bond donors (Lipinski definition) is 2. The second-order valence-electron chi connectivity index (χ2n) is 6.80. The van der Waals surface area contributed by atoms with Gasteiger partial charge < -0.3 is 29.6 Å². The fraction of sp³-hybridized carbons (Fsp3) is 0.273. The summed E-state index contributed by atoms with van der Waals surface area (Å²) < 4.78 is 21.9. The van der Waals surface area contributed by atoms with Crippen LogP contribution < -0.4 is 24.8 Å². The van der Waals surface area contributed by atoms with E-state index in [0.29, 0.717) is 40.7 Å². The van der Waals surface area contributed by atoms with Crippen LogP contribution in [0.3, 0.4) is 0 Å². The van der Waals surface area contributed by atoms with Crippen LogP contribution in [0.2, 0.25) is 0 Å². The molecule has 2 aromatic carbocycles. The fourth-order valence-electron chi connectivity index (χ4n) is 3.46. The van der Waals surface area contributed by atoms with E-state index in [9.17, 15) is 9.59 Å². The van der Waals surface area contributed by atoms with Crippen molar-refractivity contribution in [2.75, 3.05) is 13.4 Å². The molecule has 2 amide bonds. The number of nitrogens with one attached hydrogen (secondary N) is 2. The highest BCUT2D eigenvalue weighted by Gasteiger charge is 2.34. The van der Waals surface area contributed by atoms with E-state index in [-0.39, 0.29) is 13.4 Å². The Morgan fingerprint density at radius 2 is 1.97 bits per heavy atom. The molecule has 8 heteroatoms. The van der Waals surface area contributed by atoms with Gasteiger partial charge in [0.05, 0.1) is 18.2 Å². The van der Waals surface area contributed by atoms with Gasteiger partial charge in [-0.05, 0) is 37.6 Å². The van der Waals surface area contributed by atoms with Gasteiger partial charge in [-0.3, -0.25) is 0 Å². The van der Waals surface area contributed by atoms with E-state index in [1.807, 2.05) is 31.2 Å². The summed E-state index contributed by atoms with van der Waals surface area (Å²) in [4.78, 5) is 25.1. The number of urea groups is 1. The van der Waals surface area contributed by atoms with Gasteiger partial charge in [0, 0.05) is 11.3 Å². The number of esters is 1. The second kappa shape index (κ2) is 8.36. The Labute approximate surface area is 173 Å². The van der Waals surface area contributed by atoms with E-state index in [4.69, 9.17) is 18.9 Å². The number of allylic oxidation sites excluding steroid dienone is 1. The molecule has 0 aliphatic carbocycles. The lowest BCUT2D eigenvalue weighted by Gasteiger charge is -2.29. The molecule has 0 saturated carbocycles. The van der Waals surface area contributed by atoms with Gasteiger partial charge in [0.15, 0.2) is 11.5 Å². The smallest absolute Gasteiger partial charge is 0.338 e. The number of ether oxygens (including phenoxy) is 4. The van der Waals surface area contributed by atoms with Crippen molar-refractivity contribution < 1.29 is 28.5 Å². The summed E-state index contributed by atoms with van der Waals surface area (Å²) in [7, 11) is 0. The first kappa shape index (κ1) is 19.6. The molecule has 2 N–H and O–H groups in total. The van der Waals surface area contributed by atoms with E-state index < -0.39 is 18.0 Å². The first-order valence-corrected chi connectivity index (χ1v) is 9.62. The Balaban J connectivity index is 1.57. The van der Waals surface area contributed by atoms with Crippen LogP contribution in [0.15, 0.2) is 53.7 Å². The molecule has 2 aliphatic heterocycles. The van der Waals surface area contributed by atoms with Crippen LogP contribution >= 0.6 is 0 Å². The maximum atomic E-state index is 13.0. The first-order chi connectivity index (χ1) is 14.6. The van der Waals surface area contributed by atoms with Crippen LogP contribution in [0, 0.1) is 0 Å². The number of carbonyl (C=O) groups is 2. The van der Waals surface area contributed by atoms with Crippen LogP contribution in [-0.4, -0.2) is 25.4 Å². The summed E-state index contributed by atoms with van der Waals surface area (Å²) in [5, 5.41) is 5.44. The third-order valence-electron chi connectivity index (χ3n) is 4.83. The zero-order valence-corrected chi connectivity index (χ0v) is 16.7. The highest BCUT2D eigenvalue weighted by atomic mass is 16.7. The number of carbonyl (C=O) groups excluding carboxylic acids is 2. The largest absolute Gasteiger partial charge is 0.494 e. The molecule has 0 unspecified atom stereocenters. The maximum absolute atomic E-state index is 13.0. The van der Waals surface area contributed by atoms with Gasteiger partial charge in [-0.2, -0.15) is 0 Å². The van der Waals surface area contributed by atoms with E-state index in [0.717, 1.165) is 5.56 Å². The maximum Gasteiger partial charge on any atom is 0.338 e. The van der Waals surface area contributed by atoms with Gasteiger partial charge in [0.2, 0.25) is 6.79 Å². The molecule has 2 aliphatic rings. The molecule has 4 rings (SSSR count). The average molecular weight is 410 g/mol. The Morgan fingerprint density at radius 1 is 1.17 bits per heavy atom. The zero-order chi connectivity index (χ0) is 21.1. The molecule has 0 fully saturated rings. The second-order valence-corrected chi connectivity index (χ2v) is 6.80. The lowest BCUT2D eigenvalue weighted by Crippen LogP contribution is -2.45. The summed E-state index contributed by atoms with van der Waals surface area (Å²) in [5.41, 5.74) is 2.21. The van der Waals surface area contributed by atoms with Gasteiger partial charge >= 0.3 is 12.0 Å². The van der Waals surface area contributed by atoms with Gasteiger partial charge in [-0.1, -0.05) is 24.3 Å². The monoisotopic (exact) mass is 410 g/mol. The summed E-state index contributed by atoms with van der Waals surface area (Å²) >= 11 is 0. The molecule has 1 atom stereocenters. The van der Waals surface area contributed by atoms with E-state index in [2.05, 4.69) is 10.6 Å². The summed E-state index contributed by atoms with van der Waals surface area (Å²) in [6.45, 7) is 4.24. The average Bonchev–Trinajstić information content (AvgIpc) is 3.20. The minimum absolute atomic E-state index is 0.0556. The van der Waals surface area contributed by atoms with E-state index in [1.165, 1.54) is 0 Å². The number of amides is 2. The molecule has 8 nitrogen and oxygen atoms in total. The van der Waals surface area contributed by atoms with E-state index >= 15 is 0 Å². The Bertz CT molecular complexity index is 1020. The normalized spacial score (nSPS) is 17.3. The van der Waals surface area contributed by atoms with E-state index in [1.54, 1.807) is 25.1 Å². The third kappa shape index (κ3) is 3.89. The molecule has 30 heavy (non-hydrogen) atoms. The van der Waals surface area contributed by atoms with Gasteiger partial charge in [0.25, 0.3) is 0 Å². The van der Waals surface area contributed by atoms with Crippen molar-refractivity contribution in [2.24, 2.45) is 0 Å². The molecule has 0 saturated heterocycles. The van der Waals surface area contributed by atoms with Crippen molar-refractivity contribution in [3.63, 3.8) is 0 Å². The fourth-order valence-corrected chi connectivity index (χ4v) is 3.46. The number of hydrogen-bond acceptors (Lipinski definition) is 6. The molecule has 0 radical (unpaired) electrons. The van der Waals surface area contributed by atoms with Crippen molar-refractivity contribution in [2.45, 2.75) is 26.5 Å². The van der Waals surface area contributed by atoms with Crippen molar-refractivity contribution in [1.29, 1.82) is 0 Å². The van der Waals surface area contributed by atoms with Crippen LogP contribution in [0.25, 0.3) is 0 Å². The zero-order valence-electron chi connectivity index (χ0n) is 16.7. The number of para-hydroxylation sites is 1. The Morgan fingerprint density at radius 3 is 2.80 bits per heavy atom. The van der Waals surface area contributed by atoms with Crippen LogP contribution in [-0.2, 0) is 16.1 Å². The van der Waals surface area contributed by atoms with Crippen molar-refractivity contribution in [3.05, 3.63) is 64.9 Å². The number of rotatable bonds is 6. The molecular weight excluding hydrogens is 388 g/mol.